The van der Waals surface area contributed by atoms with E-state index >= 15 is 0 Å². The van der Waals surface area contributed by atoms with Crippen molar-refractivity contribution in [3.63, 3.8) is 0 Å². The standard InChI is InChI=1S/C8H12N2O/c1-2-10-6-4-3-5-7(10)8(9)11/h3-7H,2H2,1H3,(H2,9,11). The van der Waals surface area contributed by atoms with Crippen molar-refractivity contribution >= 4 is 5.91 Å². The van der Waals surface area contributed by atoms with Gasteiger partial charge in [0.1, 0.15) is 6.04 Å². The van der Waals surface area contributed by atoms with Crippen LogP contribution in [0.25, 0.3) is 0 Å². The molecule has 0 spiro atoms. The van der Waals surface area contributed by atoms with Gasteiger partial charge in [-0.1, -0.05) is 12.2 Å². The summed E-state index contributed by atoms with van der Waals surface area (Å²) in [6.45, 7) is 2.79. The van der Waals surface area contributed by atoms with Crippen LogP contribution >= 0.6 is 0 Å². The van der Waals surface area contributed by atoms with E-state index in [-0.39, 0.29) is 11.9 Å². The maximum atomic E-state index is 10.8. The zero-order valence-electron chi connectivity index (χ0n) is 6.53. The average molecular weight is 152 g/mol. The Labute approximate surface area is 66.2 Å². The molecule has 0 aliphatic carbocycles. The number of carbonyl (C=O) groups excluding carboxylic acids is 1. The van der Waals surface area contributed by atoms with Gasteiger partial charge in [0.15, 0.2) is 0 Å². The molecule has 60 valence electrons. The highest BCUT2D eigenvalue weighted by molar-refractivity contribution is 5.82. The SMILES string of the molecule is CCN1C=CC=CC1C(N)=O. The lowest BCUT2D eigenvalue weighted by molar-refractivity contribution is -0.120. The number of hydrogen-bond donors (Lipinski definition) is 1. The Morgan fingerprint density at radius 3 is 2.82 bits per heavy atom. The summed E-state index contributed by atoms with van der Waals surface area (Å²) in [5, 5.41) is 0. The molecular weight excluding hydrogens is 140 g/mol. The molecule has 3 nitrogen and oxygen atoms in total. The summed E-state index contributed by atoms with van der Waals surface area (Å²) in [7, 11) is 0. The largest absolute Gasteiger partial charge is 0.368 e. The molecule has 11 heavy (non-hydrogen) atoms. The van der Waals surface area contributed by atoms with E-state index in [2.05, 4.69) is 0 Å². The van der Waals surface area contributed by atoms with Crippen molar-refractivity contribution in [2.45, 2.75) is 13.0 Å². The highest BCUT2D eigenvalue weighted by atomic mass is 16.1. The lowest BCUT2D eigenvalue weighted by Crippen LogP contribution is -2.41. The normalized spacial score (nSPS) is 22.3. The molecule has 1 heterocycles. The van der Waals surface area contributed by atoms with E-state index in [4.69, 9.17) is 5.73 Å². The fraction of sp³-hybridized carbons (Fsp3) is 0.375. The third kappa shape index (κ3) is 1.61. The van der Waals surface area contributed by atoms with Crippen LogP contribution in [0.4, 0.5) is 0 Å². The van der Waals surface area contributed by atoms with Crippen LogP contribution in [0.15, 0.2) is 24.4 Å². The molecule has 1 aliphatic heterocycles. The third-order valence-electron chi connectivity index (χ3n) is 1.70. The Kier molecular flexibility index (Phi) is 2.31. The Hall–Kier alpha value is -1.25. The van der Waals surface area contributed by atoms with Gasteiger partial charge < -0.3 is 10.6 Å². The van der Waals surface area contributed by atoms with Gasteiger partial charge in [-0.15, -0.1) is 0 Å². The minimum atomic E-state index is -0.299. The van der Waals surface area contributed by atoms with Crippen molar-refractivity contribution < 1.29 is 4.79 Å². The Morgan fingerprint density at radius 2 is 2.36 bits per heavy atom. The van der Waals surface area contributed by atoms with Crippen LogP contribution in [0.5, 0.6) is 0 Å². The molecule has 0 aromatic heterocycles. The van der Waals surface area contributed by atoms with Crippen LogP contribution < -0.4 is 5.73 Å². The van der Waals surface area contributed by atoms with Gasteiger partial charge in [0.25, 0.3) is 0 Å². The minimum Gasteiger partial charge on any atom is -0.368 e. The number of likely N-dealkylation sites (N-methyl/N-ethyl adjacent to an activating group) is 1. The molecule has 1 aliphatic rings. The lowest BCUT2D eigenvalue weighted by atomic mass is 10.2. The predicted molar refractivity (Wildman–Crippen MR) is 43.6 cm³/mol. The summed E-state index contributed by atoms with van der Waals surface area (Å²) in [5.74, 6) is -0.299. The summed E-state index contributed by atoms with van der Waals surface area (Å²) in [5.41, 5.74) is 5.17. The molecule has 1 rings (SSSR count). The number of rotatable bonds is 2. The van der Waals surface area contributed by atoms with E-state index in [1.54, 1.807) is 6.08 Å². The van der Waals surface area contributed by atoms with E-state index in [1.165, 1.54) is 0 Å². The van der Waals surface area contributed by atoms with Crippen LogP contribution in [-0.4, -0.2) is 23.4 Å². The molecule has 0 aromatic rings. The van der Waals surface area contributed by atoms with Crippen molar-refractivity contribution in [1.29, 1.82) is 0 Å². The number of carbonyl (C=O) groups is 1. The first-order valence-electron chi connectivity index (χ1n) is 3.65. The van der Waals surface area contributed by atoms with Gasteiger partial charge in [-0.2, -0.15) is 0 Å². The third-order valence-corrected chi connectivity index (χ3v) is 1.70. The second kappa shape index (κ2) is 3.23. The number of hydrogen-bond acceptors (Lipinski definition) is 2. The summed E-state index contributed by atoms with van der Waals surface area (Å²) in [6.07, 6.45) is 7.39. The van der Waals surface area contributed by atoms with Crippen molar-refractivity contribution in [2.24, 2.45) is 5.73 Å². The molecule has 0 fully saturated rings. The quantitative estimate of drug-likeness (QED) is 0.616. The van der Waals surface area contributed by atoms with Crippen LogP contribution in [0.3, 0.4) is 0 Å². The minimum absolute atomic E-state index is 0.259. The number of allylic oxidation sites excluding steroid dienone is 2. The monoisotopic (exact) mass is 152 g/mol. The Balaban J connectivity index is 2.70. The summed E-state index contributed by atoms with van der Waals surface area (Å²) < 4.78 is 0. The van der Waals surface area contributed by atoms with Crippen LogP contribution in [0.1, 0.15) is 6.92 Å². The fourth-order valence-electron chi connectivity index (χ4n) is 1.09. The molecule has 0 bridgehead atoms. The molecule has 0 aromatic carbocycles. The van der Waals surface area contributed by atoms with E-state index in [0.29, 0.717) is 0 Å². The molecular formula is C8H12N2O. The summed E-state index contributed by atoms with van der Waals surface area (Å²) >= 11 is 0. The maximum absolute atomic E-state index is 10.8. The topological polar surface area (TPSA) is 46.3 Å². The predicted octanol–water partition coefficient (Wildman–Crippen LogP) is 0.246. The highest BCUT2D eigenvalue weighted by Gasteiger charge is 2.17. The van der Waals surface area contributed by atoms with Gasteiger partial charge in [0.2, 0.25) is 5.91 Å². The fourth-order valence-corrected chi connectivity index (χ4v) is 1.09. The van der Waals surface area contributed by atoms with Crippen molar-refractivity contribution in [2.75, 3.05) is 6.54 Å². The molecule has 0 saturated carbocycles. The average Bonchev–Trinajstić information content (AvgIpc) is 2.04. The van der Waals surface area contributed by atoms with Gasteiger partial charge >= 0.3 is 0 Å². The van der Waals surface area contributed by atoms with Crippen molar-refractivity contribution in [3.05, 3.63) is 24.4 Å². The van der Waals surface area contributed by atoms with E-state index < -0.39 is 0 Å². The molecule has 1 amide bonds. The number of amides is 1. The molecule has 1 atom stereocenters. The van der Waals surface area contributed by atoms with Gasteiger partial charge in [-0.25, -0.2) is 0 Å². The number of primary amides is 1. The first-order valence-corrected chi connectivity index (χ1v) is 3.65. The summed E-state index contributed by atoms with van der Waals surface area (Å²) in [6, 6.07) is -0.259. The van der Waals surface area contributed by atoms with Crippen LogP contribution in [0.2, 0.25) is 0 Å². The van der Waals surface area contributed by atoms with Crippen LogP contribution in [-0.2, 0) is 4.79 Å². The second-order valence-electron chi connectivity index (χ2n) is 2.40. The van der Waals surface area contributed by atoms with Crippen molar-refractivity contribution in [1.82, 2.24) is 4.90 Å². The van der Waals surface area contributed by atoms with Crippen LogP contribution in [0, 0.1) is 0 Å². The highest BCUT2D eigenvalue weighted by Crippen LogP contribution is 2.06. The van der Waals surface area contributed by atoms with Gasteiger partial charge in [-0.3, -0.25) is 4.79 Å². The number of nitrogens with two attached hydrogens (primary N) is 1. The lowest BCUT2D eigenvalue weighted by Gasteiger charge is -2.26. The Morgan fingerprint density at radius 1 is 1.64 bits per heavy atom. The van der Waals surface area contributed by atoms with E-state index in [1.807, 2.05) is 30.2 Å². The first kappa shape index (κ1) is 7.85. The molecule has 3 heteroatoms. The molecule has 0 saturated heterocycles. The smallest absolute Gasteiger partial charge is 0.244 e. The van der Waals surface area contributed by atoms with Gasteiger partial charge in [0, 0.05) is 12.7 Å². The Bertz CT molecular complexity index is 208. The second-order valence-corrected chi connectivity index (χ2v) is 2.40. The molecule has 1 unspecified atom stereocenters. The maximum Gasteiger partial charge on any atom is 0.244 e. The zero-order chi connectivity index (χ0) is 8.27. The summed E-state index contributed by atoms with van der Waals surface area (Å²) in [4.78, 5) is 12.7. The van der Waals surface area contributed by atoms with Gasteiger partial charge in [-0.05, 0) is 13.0 Å². The zero-order valence-corrected chi connectivity index (χ0v) is 6.53. The molecule has 2 N–H and O–H groups in total. The van der Waals surface area contributed by atoms with Gasteiger partial charge in [0.05, 0.1) is 0 Å². The van der Waals surface area contributed by atoms with E-state index in [9.17, 15) is 4.79 Å². The molecule has 0 radical (unpaired) electrons. The number of nitrogens with zero attached hydrogens (tertiary/aromatic N) is 1. The van der Waals surface area contributed by atoms with Crippen molar-refractivity contribution in [3.8, 4) is 0 Å². The first-order chi connectivity index (χ1) is 5.25. The van der Waals surface area contributed by atoms with E-state index in [0.717, 1.165) is 6.54 Å².